The highest BCUT2D eigenvalue weighted by Gasteiger charge is 2.29. The SMILES string of the molecule is N#CC1CN(c2ncnc(Cl)c2[N+](=O)[O-])CCO1. The van der Waals surface area contributed by atoms with Gasteiger partial charge in [0, 0.05) is 6.54 Å². The van der Waals surface area contributed by atoms with Crippen molar-refractivity contribution in [3.05, 3.63) is 21.6 Å². The molecule has 18 heavy (non-hydrogen) atoms. The maximum Gasteiger partial charge on any atom is 0.348 e. The molecule has 0 aromatic carbocycles. The van der Waals surface area contributed by atoms with E-state index in [9.17, 15) is 10.1 Å². The Balaban J connectivity index is 2.36. The molecule has 1 unspecified atom stereocenters. The maximum absolute atomic E-state index is 11.0. The van der Waals surface area contributed by atoms with E-state index in [0.717, 1.165) is 6.33 Å². The van der Waals surface area contributed by atoms with Gasteiger partial charge < -0.3 is 9.64 Å². The third-order valence-electron chi connectivity index (χ3n) is 2.45. The summed E-state index contributed by atoms with van der Waals surface area (Å²) in [6, 6.07) is 1.96. The number of nitriles is 1. The Morgan fingerprint density at radius 3 is 3.11 bits per heavy atom. The molecule has 1 aromatic heterocycles. The van der Waals surface area contributed by atoms with Crippen molar-refractivity contribution in [2.24, 2.45) is 0 Å². The highest BCUT2D eigenvalue weighted by molar-refractivity contribution is 6.31. The van der Waals surface area contributed by atoms with Crippen molar-refractivity contribution >= 4 is 23.1 Å². The Morgan fingerprint density at radius 1 is 1.67 bits per heavy atom. The van der Waals surface area contributed by atoms with Gasteiger partial charge in [0.05, 0.1) is 24.1 Å². The zero-order chi connectivity index (χ0) is 13.1. The first-order valence-corrected chi connectivity index (χ1v) is 5.42. The van der Waals surface area contributed by atoms with Crippen molar-refractivity contribution in [1.82, 2.24) is 9.97 Å². The fourth-order valence-corrected chi connectivity index (χ4v) is 1.85. The Morgan fingerprint density at radius 2 is 2.44 bits per heavy atom. The number of hydrogen-bond acceptors (Lipinski definition) is 7. The van der Waals surface area contributed by atoms with Crippen LogP contribution in [0.2, 0.25) is 5.15 Å². The molecule has 0 saturated carbocycles. The predicted molar refractivity (Wildman–Crippen MR) is 61.3 cm³/mol. The molecule has 1 fully saturated rings. The van der Waals surface area contributed by atoms with Gasteiger partial charge in [0.15, 0.2) is 6.10 Å². The van der Waals surface area contributed by atoms with Gasteiger partial charge in [-0.1, -0.05) is 11.6 Å². The van der Waals surface area contributed by atoms with E-state index in [1.54, 1.807) is 4.90 Å². The molecule has 1 aliphatic heterocycles. The van der Waals surface area contributed by atoms with E-state index < -0.39 is 11.0 Å². The fourth-order valence-electron chi connectivity index (χ4n) is 1.66. The van der Waals surface area contributed by atoms with Gasteiger partial charge in [0.1, 0.15) is 6.33 Å². The molecule has 1 atom stereocenters. The molecule has 1 saturated heterocycles. The van der Waals surface area contributed by atoms with Crippen LogP contribution in [-0.2, 0) is 4.74 Å². The zero-order valence-corrected chi connectivity index (χ0v) is 9.87. The molecule has 0 radical (unpaired) electrons. The largest absolute Gasteiger partial charge is 0.360 e. The molecule has 0 aliphatic carbocycles. The van der Waals surface area contributed by atoms with E-state index >= 15 is 0 Å². The number of rotatable bonds is 2. The Labute approximate surface area is 107 Å². The van der Waals surface area contributed by atoms with E-state index in [1.807, 2.05) is 6.07 Å². The Bertz CT molecular complexity index is 517. The van der Waals surface area contributed by atoms with Gasteiger partial charge in [-0.2, -0.15) is 5.26 Å². The molecule has 1 aromatic rings. The average molecular weight is 270 g/mol. The molecular weight excluding hydrogens is 262 g/mol. The highest BCUT2D eigenvalue weighted by Crippen LogP contribution is 2.31. The minimum Gasteiger partial charge on any atom is -0.360 e. The standard InChI is InChI=1S/C9H8ClN5O3/c10-8-7(15(16)17)9(13-5-12-8)14-1-2-18-6(3-11)4-14/h5-6H,1-2,4H2. The second-order valence-electron chi connectivity index (χ2n) is 3.53. The number of nitrogens with zero attached hydrogens (tertiary/aromatic N) is 5. The molecule has 0 amide bonds. The van der Waals surface area contributed by atoms with Crippen LogP contribution in [0.1, 0.15) is 0 Å². The molecule has 8 nitrogen and oxygen atoms in total. The summed E-state index contributed by atoms with van der Waals surface area (Å²) >= 11 is 5.70. The van der Waals surface area contributed by atoms with Gasteiger partial charge in [-0.05, 0) is 0 Å². The summed E-state index contributed by atoms with van der Waals surface area (Å²) < 4.78 is 5.16. The summed E-state index contributed by atoms with van der Waals surface area (Å²) in [5.41, 5.74) is -0.349. The van der Waals surface area contributed by atoms with Crippen LogP contribution < -0.4 is 4.90 Å². The first-order valence-electron chi connectivity index (χ1n) is 5.04. The lowest BCUT2D eigenvalue weighted by Gasteiger charge is -2.30. The maximum atomic E-state index is 11.0. The lowest BCUT2D eigenvalue weighted by atomic mass is 10.3. The minimum atomic E-state index is -0.632. The van der Waals surface area contributed by atoms with Gasteiger partial charge in [0.25, 0.3) is 0 Å². The highest BCUT2D eigenvalue weighted by atomic mass is 35.5. The lowest BCUT2D eigenvalue weighted by molar-refractivity contribution is -0.384. The number of ether oxygens (including phenoxy) is 1. The number of halogens is 1. The summed E-state index contributed by atoms with van der Waals surface area (Å²) in [5, 5.41) is 19.5. The normalized spacial score (nSPS) is 19.3. The molecule has 94 valence electrons. The number of morpholine rings is 1. The van der Waals surface area contributed by atoms with E-state index in [-0.39, 0.29) is 23.2 Å². The molecule has 0 bridgehead atoms. The summed E-state index contributed by atoms with van der Waals surface area (Å²) in [7, 11) is 0. The number of hydrogen-bond donors (Lipinski definition) is 0. The van der Waals surface area contributed by atoms with Crippen LogP contribution in [0.15, 0.2) is 6.33 Å². The van der Waals surface area contributed by atoms with Crippen LogP contribution in [0, 0.1) is 21.4 Å². The summed E-state index contributed by atoms with van der Waals surface area (Å²) in [4.78, 5) is 19.4. The third kappa shape index (κ3) is 2.32. The van der Waals surface area contributed by atoms with Gasteiger partial charge in [0.2, 0.25) is 11.0 Å². The molecule has 2 rings (SSSR count). The molecule has 9 heteroatoms. The molecule has 0 N–H and O–H groups in total. The number of nitro groups is 1. The van der Waals surface area contributed by atoms with Gasteiger partial charge >= 0.3 is 5.69 Å². The van der Waals surface area contributed by atoms with Crippen molar-refractivity contribution < 1.29 is 9.66 Å². The van der Waals surface area contributed by atoms with E-state index in [0.29, 0.717) is 13.2 Å². The van der Waals surface area contributed by atoms with Gasteiger partial charge in [-0.25, -0.2) is 9.97 Å². The smallest absolute Gasteiger partial charge is 0.348 e. The number of aromatic nitrogens is 2. The first-order chi connectivity index (χ1) is 8.63. The monoisotopic (exact) mass is 269 g/mol. The van der Waals surface area contributed by atoms with Crippen molar-refractivity contribution in [2.75, 3.05) is 24.6 Å². The Hall–Kier alpha value is -1.98. The summed E-state index contributed by atoms with van der Waals surface area (Å²) in [6.45, 7) is 0.925. The van der Waals surface area contributed by atoms with Gasteiger partial charge in [-0.3, -0.25) is 10.1 Å². The molecular formula is C9H8ClN5O3. The molecule has 0 spiro atoms. The zero-order valence-electron chi connectivity index (χ0n) is 9.11. The van der Waals surface area contributed by atoms with Crippen molar-refractivity contribution in [3.63, 3.8) is 0 Å². The lowest BCUT2D eigenvalue weighted by Crippen LogP contribution is -2.42. The van der Waals surface area contributed by atoms with Crippen LogP contribution in [0.4, 0.5) is 11.5 Å². The van der Waals surface area contributed by atoms with Gasteiger partial charge in [-0.15, -0.1) is 0 Å². The van der Waals surface area contributed by atoms with E-state index in [2.05, 4.69) is 9.97 Å². The van der Waals surface area contributed by atoms with Crippen LogP contribution >= 0.6 is 11.6 Å². The van der Waals surface area contributed by atoms with Crippen molar-refractivity contribution in [1.29, 1.82) is 5.26 Å². The predicted octanol–water partition coefficient (Wildman–Crippen LogP) is 0.767. The third-order valence-corrected chi connectivity index (χ3v) is 2.73. The van der Waals surface area contributed by atoms with Crippen LogP contribution in [0.3, 0.4) is 0 Å². The van der Waals surface area contributed by atoms with Crippen LogP contribution in [0.25, 0.3) is 0 Å². The summed E-state index contributed by atoms with van der Waals surface area (Å²) in [5.74, 6) is 0.114. The van der Waals surface area contributed by atoms with Crippen molar-refractivity contribution in [2.45, 2.75) is 6.10 Å². The van der Waals surface area contributed by atoms with Crippen molar-refractivity contribution in [3.8, 4) is 6.07 Å². The first kappa shape index (κ1) is 12.5. The second-order valence-corrected chi connectivity index (χ2v) is 3.89. The Kier molecular flexibility index (Phi) is 3.55. The quantitative estimate of drug-likeness (QED) is 0.443. The van der Waals surface area contributed by atoms with E-state index in [1.165, 1.54) is 0 Å². The topological polar surface area (TPSA) is 105 Å². The minimum absolute atomic E-state index is 0.114. The van der Waals surface area contributed by atoms with E-state index in [4.69, 9.17) is 21.6 Å². The average Bonchev–Trinajstić information content (AvgIpc) is 2.38. The number of anilines is 1. The molecule has 2 heterocycles. The molecule has 1 aliphatic rings. The fraction of sp³-hybridized carbons (Fsp3) is 0.444. The van der Waals surface area contributed by atoms with Crippen LogP contribution in [0.5, 0.6) is 0 Å². The van der Waals surface area contributed by atoms with Crippen LogP contribution in [-0.4, -0.2) is 40.7 Å². The summed E-state index contributed by atoms with van der Waals surface area (Å²) in [6.07, 6.45) is 0.522. The second kappa shape index (κ2) is 5.12.